The van der Waals surface area contributed by atoms with E-state index >= 15 is 0 Å². The van der Waals surface area contributed by atoms with Gasteiger partial charge < -0.3 is 5.32 Å². The van der Waals surface area contributed by atoms with E-state index in [0.29, 0.717) is 25.1 Å². The Morgan fingerprint density at radius 2 is 1.64 bits per heavy atom. The Kier molecular flexibility index (Phi) is 4.46. The van der Waals surface area contributed by atoms with Crippen LogP contribution < -0.4 is 5.32 Å². The molecule has 1 N–H and O–H groups in total. The normalized spacial score (nSPS) is 22.1. The summed E-state index contributed by atoms with van der Waals surface area (Å²) in [4.78, 5) is 13.6. The summed E-state index contributed by atoms with van der Waals surface area (Å²) in [5, 5.41) is 8.76. The second-order valence-electron chi connectivity index (χ2n) is 10.0. The van der Waals surface area contributed by atoms with Crippen LogP contribution in [0.1, 0.15) is 28.7 Å². The molecule has 1 aliphatic carbocycles. The molecule has 7 rings (SSSR count). The van der Waals surface area contributed by atoms with Crippen molar-refractivity contribution in [2.24, 2.45) is 0 Å². The summed E-state index contributed by atoms with van der Waals surface area (Å²) >= 11 is 0. The lowest BCUT2D eigenvalue weighted by molar-refractivity contribution is -0.118. The first-order chi connectivity index (χ1) is 17.6. The predicted octanol–water partition coefficient (Wildman–Crippen LogP) is 6.00. The van der Waals surface area contributed by atoms with Gasteiger partial charge in [-0.15, -0.1) is 0 Å². The van der Waals surface area contributed by atoms with E-state index in [4.69, 9.17) is 0 Å². The molecule has 4 nitrogen and oxygen atoms in total. The smallest absolute Gasteiger partial charge is 0.236 e. The molecule has 36 heavy (non-hydrogen) atoms. The van der Waals surface area contributed by atoms with Crippen LogP contribution in [-0.4, -0.2) is 15.7 Å². The molecule has 1 spiro atoms. The summed E-state index contributed by atoms with van der Waals surface area (Å²) in [6.45, 7) is 0.666. The van der Waals surface area contributed by atoms with Crippen molar-refractivity contribution in [2.75, 3.05) is 5.32 Å². The van der Waals surface area contributed by atoms with Crippen molar-refractivity contribution in [2.45, 2.75) is 30.2 Å². The van der Waals surface area contributed by atoms with E-state index in [1.165, 1.54) is 17.7 Å². The van der Waals surface area contributed by atoms with Gasteiger partial charge in [0.25, 0.3) is 0 Å². The highest BCUT2D eigenvalue weighted by atomic mass is 19.1. The van der Waals surface area contributed by atoms with Crippen molar-refractivity contribution in [1.29, 1.82) is 0 Å². The molecule has 0 radical (unpaired) electrons. The van der Waals surface area contributed by atoms with Crippen molar-refractivity contribution in [1.82, 2.24) is 9.78 Å². The number of anilines is 1. The third-order valence-corrected chi connectivity index (χ3v) is 8.06. The largest absolute Gasteiger partial charge is 0.325 e. The van der Waals surface area contributed by atoms with Gasteiger partial charge in [0.1, 0.15) is 5.82 Å². The quantitative estimate of drug-likeness (QED) is 0.340. The van der Waals surface area contributed by atoms with Crippen LogP contribution in [0.4, 0.5) is 10.1 Å². The molecule has 2 atom stereocenters. The van der Waals surface area contributed by atoms with Gasteiger partial charge in [-0.05, 0) is 59.4 Å². The van der Waals surface area contributed by atoms with E-state index in [2.05, 4.69) is 52.9 Å². The zero-order valence-electron chi connectivity index (χ0n) is 19.6. The summed E-state index contributed by atoms with van der Waals surface area (Å²) in [5.41, 5.74) is 4.66. The van der Waals surface area contributed by atoms with Gasteiger partial charge in [0.05, 0.1) is 23.7 Å². The molecule has 5 heteroatoms. The Balaban J connectivity index is 1.39. The zero-order chi connectivity index (χ0) is 24.3. The lowest BCUT2D eigenvalue weighted by Gasteiger charge is -2.23. The number of nitrogens with one attached hydrogen (secondary N) is 1. The topological polar surface area (TPSA) is 46.9 Å². The average molecular weight is 474 g/mol. The van der Waals surface area contributed by atoms with Crippen molar-refractivity contribution in [3.05, 3.63) is 131 Å². The lowest BCUT2D eigenvalue weighted by Crippen LogP contribution is -2.31. The van der Waals surface area contributed by atoms with Crippen molar-refractivity contribution >= 4 is 22.5 Å². The third-order valence-electron chi connectivity index (χ3n) is 8.06. The van der Waals surface area contributed by atoms with E-state index in [1.54, 1.807) is 6.07 Å². The molecule has 2 heterocycles. The van der Waals surface area contributed by atoms with Gasteiger partial charge in [-0.3, -0.25) is 9.48 Å². The number of benzene rings is 4. The van der Waals surface area contributed by atoms with Gasteiger partial charge in [0, 0.05) is 16.5 Å². The van der Waals surface area contributed by atoms with Crippen molar-refractivity contribution < 1.29 is 9.18 Å². The summed E-state index contributed by atoms with van der Waals surface area (Å²) in [6.07, 6.45) is 3.21. The number of amides is 1. The molecule has 0 saturated heterocycles. The molecule has 5 aromatic rings. The molecule has 4 aromatic carbocycles. The molecular formula is C31H24FN3O. The van der Waals surface area contributed by atoms with Gasteiger partial charge in [-0.2, -0.15) is 5.10 Å². The van der Waals surface area contributed by atoms with Crippen molar-refractivity contribution in [3.8, 4) is 0 Å². The molecule has 1 aromatic heterocycles. The van der Waals surface area contributed by atoms with Gasteiger partial charge in [-0.25, -0.2) is 4.39 Å². The Morgan fingerprint density at radius 1 is 0.889 bits per heavy atom. The van der Waals surface area contributed by atoms with Crippen LogP contribution in [-0.2, 0) is 28.6 Å². The number of fused-ring (bicyclic) bond motifs is 3. The number of hydrogen-bond acceptors (Lipinski definition) is 2. The maximum absolute atomic E-state index is 14.4. The van der Waals surface area contributed by atoms with Crippen LogP contribution in [0, 0.1) is 5.82 Å². The minimum Gasteiger partial charge on any atom is -0.325 e. The zero-order valence-corrected chi connectivity index (χ0v) is 19.6. The van der Waals surface area contributed by atoms with Gasteiger partial charge in [-0.1, -0.05) is 72.8 Å². The van der Waals surface area contributed by atoms with E-state index in [0.717, 1.165) is 27.6 Å². The summed E-state index contributed by atoms with van der Waals surface area (Å²) in [6, 6.07) is 31.6. The fraction of sp³-hybridized carbons (Fsp3) is 0.161. The van der Waals surface area contributed by atoms with E-state index in [9.17, 15) is 9.18 Å². The molecule has 1 amide bonds. The van der Waals surface area contributed by atoms with Crippen LogP contribution in [0.15, 0.2) is 103 Å². The molecular weight excluding hydrogens is 449 g/mol. The van der Waals surface area contributed by atoms with Crippen molar-refractivity contribution in [3.63, 3.8) is 0 Å². The maximum Gasteiger partial charge on any atom is 0.236 e. The highest BCUT2D eigenvalue weighted by Crippen LogP contribution is 2.70. The molecule has 1 aliphatic heterocycles. The van der Waals surface area contributed by atoms with E-state index < -0.39 is 10.8 Å². The van der Waals surface area contributed by atoms with Crippen LogP contribution in [0.5, 0.6) is 0 Å². The number of aromatic nitrogens is 2. The molecule has 176 valence electrons. The van der Waals surface area contributed by atoms with Crippen LogP contribution in [0.2, 0.25) is 0 Å². The summed E-state index contributed by atoms with van der Waals surface area (Å²) < 4.78 is 16.4. The number of nitrogens with zero attached hydrogens (tertiary/aromatic N) is 2. The first-order valence-corrected chi connectivity index (χ1v) is 12.2. The highest BCUT2D eigenvalue weighted by Gasteiger charge is 2.75. The fourth-order valence-electron chi connectivity index (χ4n) is 6.25. The first-order valence-electron chi connectivity index (χ1n) is 12.2. The molecule has 1 saturated carbocycles. The Bertz CT molecular complexity index is 1630. The van der Waals surface area contributed by atoms with Gasteiger partial charge in [0.15, 0.2) is 0 Å². The van der Waals surface area contributed by atoms with Gasteiger partial charge >= 0.3 is 0 Å². The van der Waals surface area contributed by atoms with Crippen LogP contribution in [0.3, 0.4) is 0 Å². The number of halogens is 1. The summed E-state index contributed by atoms with van der Waals surface area (Å²) in [7, 11) is 0. The first kappa shape index (κ1) is 21.1. The maximum atomic E-state index is 14.4. The highest BCUT2D eigenvalue weighted by molar-refractivity contribution is 6.11. The monoisotopic (exact) mass is 473 g/mol. The van der Waals surface area contributed by atoms with Crippen LogP contribution in [0.25, 0.3) is 10.9 Å². The number of hydrogen-bond donors (Lipinski definition) is 1. The molecule has 1 fully saturated rings. The molecule has 2 aliphatic rings. The van der Waals surface area contributed by atoms with Crippen LogP contribution >= 0.6 is 0 Å². The Labute approximate surface area is 208 Å². The lowest BCUT2D eigenvalue weighted by atomic mass is 9.78. The van der Waals surface area contributed by atoms with Gasteiger partial charge in [0.2, 0.25) is 5.91 Å². The number of carbonyl (C=O) groups is 1. The average Bonchev–Trinajstić information content (AvgIpc) is 3.29. The minimum absolute atomic E-state index is 0.0445. The number of rotatable bonds is 5. The SMILES string of the molecule is O=C1Nc2ccc(F)cc2C12CC2(Cc1ccccc1)c1ccc2cnn(Cc3ccccc3)c2c1. The second kappa shape index (κ2) is 7.62. The standard InChI is InChI=1S/C31H24FN3O/c32-25-13-14-27-26(16-25)31(29(36)34-27)20-30(31,17-21-7-3-1-4-8-21)24-12-11-23-18-33-35(28(23)15-24)19-22-9-5-2-6-10-22/h1-16,18H,17,19-20H2,(H,34,36). The van der Waals surface area contributed by atoms with E-state index in [-0.39, 0.29) is 11.7 Å². The summed E-state index contributed by atoms with van der Waals surface area (Å²) in [5.74, 6) is -0.363. The number of carbonyl (C=O) groups excluding carboxylic acids is 1. The molecule has 2 unspecified atom stereocenters. The Hall–Kier alpha value is -4.25. The second-order valence-corrected chi connectivity index (χ2v) is 10.0. The minimum atomic E-state index is -0.793. The van der Waals surface area contributed by atoms with E-state index in [1.807, 2.05) is 47.3 Å². The third kappa shape index (κ3) is 2.99. The molecule has 0 bridgehead atoms. The fourth-order valence-corrected chi connectivity index (χ4v) is 6.25. The Morgan fingerprint density at radius 3 is 2.42 bits per heavy atom. The predicted molar refractivity (Wildman–Crippen MR) is 138 cm³/mol.